The summed E-state index contributed by atoms with van der Waals surface area (Å²) < 4.78 is 13.0. The Morgan fingerprint density at radius 1 is 1.30 bits per heavy atom. The van der Waals surface area contributed by atoms with E-state index < -0.39 is 0 Å². The predicted molar refractivity (Wildman–Crippen MR) is 101 cm³/mol. The van der Waals surface area contributed by atoms with E-state index in [0.29, 0.717) is 18.3 Å². The Kier molecular flexibility index (Phi) is 4.42. The number of hydrogen-bond acceptors (Lipinski definition) is 3. The van der Waals surface area contributed by atoms with Crippen LogP contribution >= 0.6 is 0 Å². The molecule has 1 aliphatic heterocycles. The van der Waals surface area contributed by atoms with Gasteiger partial charge in [0.05, 0.1) is 11.8 Å². The van der Waals surface area contributed by atoms with Gasteiger partial charge in [0, 0.05) is 24.5 Å². The van der Waals surface area contributed by atoms with E-state index >= 15 is 0 Å². The molecular weight excluding hydrogens is 345 g/mol. The van der Waals surface area contributed by atoms with Crippen LogP contribution in [0.25, 0.3) is 0 Å². The minimum absolute atomic E-state index is 0.134. The van der Waals surface area contributed by atoms with Crippen LogP contribution in [0.4, 0.5) is 15.9 Å². The molecule has 1 unspecified atom stereocenters. The van der Waals surface area contributed by atoms with E-state index in [0.717, 1.165) is 30.5 Å². The highest BCUT2D eigenvalue weighted by Crippen LogP contribution is 2.51. The van der Waals surface area contributed by atoms with E-state index in [4.69, 9.17) is 0 Å². The summed E-state index contributed by atoms with van der Waals surface area (Å²) in [5.41, 5.74) is 1.23. The lowest BCUT2D eigenvalue weighted by atomic mass is 9.83. The van der Waals surface area contributed by atoms with Crippen LogP contribution < -0.4 is 10.2 Å². The van der Waals surface area contributed by atoms with Crippen LogP contribution in [-0.2, 0) is 16.0 Å². The Morgan fingerprint density at radius 3 is 2.74 bits per heavy atom. The van der Waals surface area contributed by atoms with Crippen LogP contribution in [0.5, 0.6) is 0 Å². The lowest BCUT2D eigenvalue weighted by Gasteiger charge is -2.23. The second-order valence-corrected chi connectivity index (χ2v) is 7.65. The fraction of sp³-hybridized carbons (Fsp3) is 0.381. The van der Waals surface area contributed by atoms with Crippen molar-refractivity contribution in [2.24, 2.45) is 11.3 Å². The van der Waals surface area contributed by atoms with Crippen LogP contribution in [0.1, 0.15) is 31.7 Å². The SMILES string of the molecule is CC1(C2CC2)CCN(c2ccnc(NC(=O)Cc3ccc(F)cc3)c2)C1=O. The summed E-state index contributed by atoms with van der Waals surface area (Å²) >= 11 is 0. The second-order valence-electron chi connectivity index (χ2n) is 7.65. The Labute approximate surface area is 157 Å². The first-order chi connectivity index (χ1) is 13.0. The van der Waals surface area contributed by atoms with Crippen LogP contribution in [0.15, 0.2) is 42.6 Å². The standard InChI is InChI=1S/C21H22FN3O2/c1-21(15-4-5-15)9-11-25(20(21)27)17-8-10-23-18(13-17)24-19(26)12-14-2-6-16(22)7-3-14/h2-3,6-8,10,13,15H,4-5,9,11-12H2,1H3,(H,23,24,26). The number of benzene rings is 1. The minimum Gasteiger partial charge on any atom is -0.312 e. The zero-order chi connectivity index (χ0) is 19.0. The molecule has 5 nitrogen and oxygen atoms in total. The Bertz CT molecular complexity index is 879. The van der Waals surface area contributed by atoms with E-state index in [-0.39, 0.29) is 29.5 Å². The second kappa shape index (κ2) is 6.76. The van der Waals surface area contributed by atoms with E-state index in [1.807, 2.05) is 0 Å². The number of halogens is 1. The van der Waals surface area contributed by atoms with Crippen LogP contribution in [0.2, 0.25) is 0 Å². The smallest absolute Gasteiger partial charge is 0.233 e. The summed E-state index contributed by atoms with van der Waals surface area (Å²) in [6.07, 6.45) is 4.87. The van der Waals surface area contributed by atoms with Crippen molar-refractivity contribution in [3.8, 4) is 0 Å². The molecule has 2 heterocycles. The number of rotatable bonds is 5. The molecule has 0 radical (unpaired) electrons. The summed E-state index contributed by atoms with van der Waals surface area (Å²) in [7, 11) is 0. The van der Waals surface area contributed by atoms with E-state index in [9.17, 15) is 14.0 Å². The van der Waals surface area contributed by atoms with Crippen LogP contribution in [-0.4, -0.2) is 23.3 Å². The highest BCUT2D eigenvalue weighted by molar-refractivity contribution is 6.00. The Hall–Kier alpha value is -2.76. The van der Waals surface area contributed by atoms with Crippen LogP contribution in [0.3, 0.4) is 0 Å². The topological polar surface area (TPSA) is 62.3 Å². The average molecular weight is 367 g/mol. The molecule has 1 aliphatic carbocycles. The van der Waals surface area contributed by atoms with Crippen molar-refractivity contribution >= 4 is 23.3 Å². The normalized spacial score (nSPS) is 22.1. The first kappa shape index (κ1) is 17.6. The molecule has 140 valence electrons. The number of aromatic nitrogens is 1. The number of hydrogen-bond donors (Lipinski definition) is 1. The van der Waals surface area contributed by atoms with Gasteiger partial charge in [0.25, 0.3) is 0 Å². The summed E-state index contributed by atoms with van der Waals surface area (Å²) in [4.78, 5) is 31.1. The molecule has 2 aliphatic rings. The molecule has 0 bridgehead atoms. The summed E-state index contributed by atoms with van der Waals surface area (Å²) in [5, 5.41) is 2.76. The molecule has 1 aromatic heterocycles. The van der Waals surface area contributed by atoms with Crippen molar-refractivity contribution in [1.29, 1.82) is 0 Å². The van der Waals surface area contributed by atoms with Gasteiger partial charge in [0.1, 0.15) is 11.6 Å². The van der Waals surface area contributed by atoms with Crippen molar-refractivity contribution in [3.05, 3.63) is 54.0 Å². The third-order valence-corrected chi connectivity index (χ3v) is 5.67. The van der Waals surface area contributed by atoms with E-state index in [1.54, 1.807) is 35.4 Å². The first-order valence-corrected chi connectivity index (χ1v) is 9.28. The molecule has 2 aromatic rings. The lowest BCUT2D eigenvalue weighted by molar-refractivity contribution is -0.125. The van der Waals surface area contributed by atoms with E-state index in [2.05, 4.69) is 17.2 Å². The molecule has 1 N–H and O–H groups in total. The maximum Gasteiger partial charge on any atom is 0.233 e. The fourth-order valence-corrected chi connectivity index (χ4v) is 3.84. The van der Waals surface area contributed by atoms with Gasteiger partial charge in [-0.3, -0.25) is 9.59 Å². The molecule has 1 saturated carbocycles. The number of nitrogens with zero attached hydrogens (tertiary/aromatic N) is 2. The number of nitrogens with one attached hydrogen (secondary N) is 1. The quantitative estimate of drug-likeness (QED) is 0.879. The van der Waals surface area contributed by atoms with Crippen molar-refractivity contribution in [2.45, 2.75) is 32.6 Å². The summed E-state index contributed by atoms with van der Waals surface area (Å²) in [5.74, 6) is 0.516. The third kappa shape index (κ3) is 3.56. The van der Waals surface area contributed by atoms with Gasteiger partial charge in [-0.05, 0) is 48.9 Å². The van der Waals surface area contributed by atoms with Crippen molar-refractivity contribution in [2.75, 3.05) is 16.8 Å². The summed E-state index contributed by atoms with van der Waals surface area (Å²) in [6, 6.07) is 9.36. The molecule has 1 saturated heterocycles. The average Bonchev–Trinajstić information content (AvgIpc) is 3.45. The van der Waals surface area contributed by atoms with E-state index in [1.165, 1.54) is 12.1 Å². The maximum atomic E-state index is 13.0. The highest BCUT2D eigenvalue weighted by atomic mass is 19.1. The van der Waals surface area contributed by atoms with Gasteiger partial charge in [-0.2, -0.15) is 0 Å². The molecule has 1 aromatic carbocycles. The molecule has 4 rings (SSSR count). The number of carbonyl (C=O) groups is 2. The van der Waals surface area contributed by atoms with Crippen molar-refractivity contribution in [1.82, 2.24) is 4.98 Å². The number of anilines is 2. The largest absolute Gasteiger partial charge is 0.312 e. The van der Waals surface area contributed by atoms with Gasteiger partial charge in [0.15, 0.2) is 0 Å². The van der Waals surface area contributed by atoms with Gasteiger partial charge < -0.3 is 10.2 Å². The molecule has 1 atom stereocenters. The number of pyridine rings is 1. The van der Waals surface area contributed by atoms with Gasteiger partial charge in [-0.25, -0.2) is 9.37 Å². The van der Waals surface area contributed by atoms with Gasteiger partial charge >= 0.3 is 0 Å². The van der Waals surface area contributed by atoms with Crippen LogP contribution in [0, 0.1) is 17.2 Å². The maximum absolute atomic E-state index is 13.0. The zero-order valence-corrected chi connectivity index (χ0v) is 15.2. The monoisotopic (exact) mass is 367 g/mol. The minimum atomic E-state index is -0.331. The predicted octanol–water partition coefficient (Wildman–Crippen LogP) is 3.55. The van der Waals surface area contributed by atoms with Gasteiger partial charge in [0.2, 0.25) is 11.8 Å². The molecule has 2 fully saturated rings. The molecule has 27 heavy (non-hydrogen) atoms. The highest BCUT2D eigenvalue weighted by Gasteiger charge is 2.52. The first-order valence-electron chi connectivity index (χ1n) is 9.28. The van der Waals surface area contributed by atoms with Crippen molar-refractivity contribution in [3.63, 3.8) is 0 Å². The van der Waals surface area contributed by atoms with Gasteiger partial charge in [-0.1, -0.05) is 19.1 Å². The number of amides is 2. The molecule has 2 amide bonds. The third-order valence-electron chi connectivity index (χ3n) is 5.67. The Balaban J connectivity index is 1.44. The fourth-order valence-electron chi connectivity index (χ4n) is 3.84. The molecular formula is C21H22FN3O2. The zero-order valence-electron chi connectivity index (χ0n) is 15.2. The number of carbonyl (C=O) groups excluding carboxylic acids is 2. The molecule has 6 heteroatoms. The Morgan fingerprint density at radius 2 is 2.04 bits per heavy atom. The summed E-state index contributed by atoms with van der Waals surface area (Å²) in [6.45, 7) is 2.76. The van der Waals surface area contributed by atoms with Gasteiger partial charge in [-0.15, -0.1) is 0 Å². The lowest BCUT2D eigenvalue weighted by Crippen LogP contribution is -2.34. The molecule has 0 spiro atoms. The van der Waals surface area contributed by atoms with Crippen molar-refractivity contribution < 1.29 is 14.0 Å².